The van der Waals surface area contributed by atoms with Crippen molar-refractivity contribution >= 4 is 32.7 Å². The lowest BCUT2D eigenvalue weighted by atomic mass is 10.2. The Balaban J connectivity index is 1.98. The molecule has 8 heteroatoms. The first kappa shape index (κ1) is 14.7. The Labute approximate surface area is 136 Å². The lowest BCUT2D eigenvalue weighted by molar-refractivity contribution is 0.309. The molecule has 22 heavy (non-hydrogen) atoms. The summed E-state index contributed by atoms with van der Waals surface area (Å²) in [7, 11) is 0. The zero-order valence-corrected chi connectivity index (χ0v) is 13.7. The summed E-state index contributed by atoms with van der Waals surface area (Å²) in [4.78, 5) is 7.60. The minimum Gasteiger partial charge on any atom is -0.393 e. The molecule has 1 unspecified atom stereocenters. The van der Waals surface area contributed by atoms with Gasteiger partial charge in [-0.05, 0) is 34.5 Å². The van der Waals surface area contributed by atoms with Gasteiger partial charge in [0.05, 0.1) is 21.6 Å². The second-order valence-corrected chi connectivity index (χ2v) is 5.91. The summed E-state index contributed by atoms with van der Waals surface area (Å²) in [6, 6.07) is 7.77. The molecule has 1 atom stereocenters. The molecule has 0 bridgehead atoms. The minimum atomic E-state index is 0.0852. The summed E-state index contributed by atoms with van der Waals surface area (Å²) in [5, 5.41) is 1.58. The summed E-state index contributed by atoms with van der Waals surface area (Å²) < 4.78 is 0.871. The van der Waals surface area contributed by atoms with Gasteiger partial charge in [-0.1, -0.05) is 19.1 Å². The van der Waals surface area contributed by atoms with Crippen LogP contribution in [0.2, 0.25) is 0 Å². The molecule has 0 saturated carbocycles. The third-order valence-electron chi connectivity index (χ3n) is 3.65. The molecule has 8 N–H and O–H groups in total. The van der Waals surface area contributed by atoms with Crippen molar-refractivity contribution in [1.82, 2.24) is 20.4 Å². The number of aromatic amines is 1. The Hall–Kier alpha value is -2.19. The van der Waals surface area contributed by atoms with Crippen LogP contribution in [0, 0.1) is 0 Å². The summed E-state index contributed by atoms with van der Waals surface area (Å²) in [5.74, 6) is 1.33. The first-order chi connectivity index (χ1) is 10.5. The van der Waals surface area contributed by atoms with Gasteiger partial charge in [0.15, 0.2) is 5.82 Å². The van der Waals surface area contributed by atoms with Crippen LogP contribution in [-0.4, -0.2) is 21.0 Å². The van der Waals surface area contributed by atoms with Gasteiger partial charge < -0.3 is 22.2 Å². The van der Waals surface area contributed by atoms with Gasteiger partial charge >= 0.3 is 0 Å². The zero-order valence-electron chi connectivity index (χ0n) is 12.1. The SMILES string of the molecule is CCC1NN(/C(N)=C(\N)c2nc3ccccc3[nH]2)C(N)=C1Br. The fraction of sp³-hybridized carbons (Fsp3) is 0.214. The van der Waals surface area contributed by atoms with Gasteiger partial charge in [0.1, 0.15) is 17.3 Å². The summed E-state index contributed by atoms with van der Waals surface area (Å²) in [5.41, 5.74) is 23.7. The average molecular weight is 364 g/mol. The van der Waals surface area contributed by atoms with Crippen molar-refractivity contribution in [2.45, 2.75) is 19.4 Å². The van der Waals surface area contributed by atoms with Gasteiger partial charge in [-0.25, -0.2) is 15.4 Å². The van der Waals surface area contributed by atoms with Crippen molar-refractivity contribution in [2.24, 2.45) is 17.2 Å². The fourth-order valence-corrected chi connectivity index (χ4v) is 2.96. The molecular weight excluding hydrogens is 346 g/mol. The summed E-state index contributed by atoms with van der Waals surface area (Å²) in [6.45, 7) is 2.05. The summed E-state index contributed by atoms with van der Waals surface area (Å²) in [6.07, 6.45) is 0.871. The van der Waals surface area contributed by atoms with E-state index in [-0.39, 0.29) is 6.04 Å². The van der Waals surface area contributed by atoms with E-state index in [0.29, 0.717) is 23.2 Å². The Bertz CT molecular complexity index is 743. The third kappa shape index (κ3) is 2.30. The number of hydrazine groups is 1. The molecule has 0 fully saturated rings. The molecule has 7 nitrogen and oxygen atoms in total. The molecule has 1 aliphatic heterocycles. The van der Waals surface area contributed by atoms with Gasteiger partial charge in [0.25, 0.3) is 0 Å². The van der Waals surface area contributed by atoms with Crippen molar-refractivity contribution in [3.05, 3.63) is 46.2 Å². The third-order valence-corrected chi connectivity index (χ3v) is 4.60. The molecule has 1 aromatic carbocycles. The Morgan fingerprint density at radius 1 is 1.36 bits per heavy atom. The van der Waals surface area contributed by atoms with Crippen LogP contribution < -0.4 is 22.6 Å². The van der Waals surface area contributed by atoms with Crippen molar-refractivity contribution in [2.75, 3.05) is 0 Å². The molecule has 3 rings (SSSR count). The largest absolute Gasteiger partial charge is 0.393 e. The molecular formula is C14H18BrN7. The molecule has 0 saturated heterocycles. The standard InChI is InChI=1S/C14H18BrN7/c1-2-7-10(15)12(17)22(21-7)13(18)11(16)14-19-8-5-3-4-6-9(8)20-14/h3-7,21H,2,16-18H2,1H3,(H,19,20)/b13-11-. The number of halogens is 1. The lowest BCUT2D eigenvalue weighted by Gasteiger charge is -2.22. The normalized spacial score (nSPS) is 19.9. The summed E-state index contributed by atoms with van der Waals surface area (Å²) >= 11 is 3.48. The molecule has 0 spiro atoms. The number of hydrogen-bond acceptors (Lipinski definition) is 6. The van der Waals surface area contributed by atoms with Crippen LogP contribution in [0.1, 0.15) is 19.2 Å². The van der Waals surface area contributed by atoms with E-state index in [1.165, 1.54) is 0 Å². The fourth-order valence-electron chi connectivity index (χ4n) is 2.36. The smallest absolute Gasteiger partial charge is 0.158 e. The number of hydrogen-bond donors (Lipinski definition) is 5. The highest BCUT2D eigenvalue weighted by atomic mass is 79.9. The first-order valence-corrected chi connectivity index (χ1v) is 7.74. The van der Waals surface area contributed by atoms with Crippen molar-refractivity contribution in [3.8, 4) is 0 Å². The van der Waals surface area contributed by atoms with E-state index in [1.54, 1.807) is 5.01 Å². The van der Waals surface area contributed by atoms with E-state index >= 15 is 0 Å². The number of H-pyrrole nitrogens is 1. The highest BCUT2D eigenvalue weighted by Crippen LogP contribution is 2.27. The van der Waals surface area contributed by atoms with E-state index in [9.17, 15) is 0 Å². The number of para-hydroxylation sites is 2. The minimum absolute atomic E-state index is 0.0852. The lowest BCUT2D eigenvalue weighted by Crippen LogP contribution is -2.42. The Kier molecular flexibility index (Phi) is 3.71. The molecule has 116 valence electrons. The van der Waals surface area contributed by atoms with Crippen LogP contribution in [0.4, 0.5) is 0 Å². The molecule has 1 aromatic heterocycles. The average Bonchev–Trinajstić information content (AvgIpc) is 3.08. The van der Waals surface area contributed by atoms with Crippen molar-refractivity contribution < 1.29 is 0 Å². The topological polar surface area (TPSA) is 122 Å². The molecule has 2 heterocycles. The van der Waals surface area contributed by atoms with Crippen LogP contribution in [0.15, 0.2) is 40.4 Å². The van der Waals surface area contributed by atoms with Gasteiger partial charge in [0, 0.05) is 0 Å². The van der Waals surface area contributed by atoms with Gasteiger partial charge in [-0.15, -0.1) is 0 Å². The number of fused-ring (bicyclic) bond motifs is 1. The number of aromatic nitrogens is 2. The molecule has 0 radical (unpaired) electrons. The number of benzene rings is 1. The molecule has 1 aliphatic rings. The quantitative estimate of drug-likeness (QED) is 0.558. The maximum atomic E-state index is 6.17. The van der Waals surface area contributed by atoms with Crippen LogP contribution >= 0.6 is 15.9 Å². The van der Waals surface area contributed by atoms with Gasteiger partial charge in [-0.3, -0.25) is 0 Å². The van der Waals surface area contributed by atoms with E-state index < -0.39 is 0 Å². The van der Waals surface area contributed by atoms with Crippen LogP contribution in [0.5, 0.6) is 0 Å². The van der Waals surface area contributed by atoms with Crippen LogP contribution in [-0.2, 0) is 0 Å². The van der Waals surface area contributed by atoms with Crippen molar-refractivity contribution in [1.29, 1.82) is 0 Å². The maximum Gasteiger partial charge on any atom is 0.158 e. The van der Waals surface area contributed by atoms with Crippen molar-refractivity contribution in [3.63, 3.8) is 0 Å². The molecule has 2 aromatic rings. The monoisotopic (exact) mass is 363 g/mol. The Morgan fingerprint density at radius 3 is 2.73 bits per heavy atom. The van der Waals surface area contributed by atoms with E-state index in [4.69, 9.17) is 17.2 Å². The molecule has 0 amide bonds. The maximum absolute atomic E-state index is 6.17. The predicted octanol–water partition coefficient (Wildman–Crippen LogP) is 1.23. The first-order valence-electron chi connectivity index (χ1n) is 6.94. The number of nitrogens with two attached hydrogens (primary N) is 3. The zero-order chi connectivity index (χ0) is 15.9. The number of nitrogens with zero attached hydrogens (tertiary/aromatic N) is 2. The second kappa shape index (κ2) is 5.54. The van der Waals surface area contributed by atoms with Gasteiger partial charge in [-0.2, -0.15) is 0 Å². The van der Waals surface area contributed by atoms with Gasteiger partial charge in [0.2, 0.25) is 0 Å². The van der Waals surface area contributed by atoms with E-state index in [0.717, 1.165) is 21.9 Å². The number of imidazole rings is 1. The van der Waals surface area contributed by atoms with Crippen LogP contribution in [0.3, 0.4) is 0 Å². The number of nitrogens with one attached hydrogen (secondary N) is 2. The molecule has 0 aliphatic carbocycles. The van der Waals surface area contributed by atoms with E-state index in [2.05, 4.69) is 38.2 Å². The second-order valence-electron chi connectivity index (χ2n) is 5.06. The highest BCUT2D eigenvalue weighted by molar-refractivity contribution is 9.11. The number of rotatable bonds is 3. The predicted molar refractivity (Wildman–Crippen MR) is 90.6 cm³/mol. The highest BCUT2D eigenvalue weighted by Gasteiger charge is 2.29. The van der Waals surface area contributed by atoms with Crippen LogP contribution in [0.25, 0.3) is 16.7 Å². The van der Waals surface area contributed by atoms with E-state index in [1.807, 2.05) is 24.3 Å². The Morgan fingerprint density at radius 2 is 2.09 bits per heavy atom.